The molecule has 2 fully saturated rings. The molecule has 6 heteroatoms. The van der Waals surface area contributed by atoms with Gasteiger partial charge in [-0.25, -0.2) is 0 Å². The monoisotopic (exact) mass is 343 g/mol. The third-order valence-corrected chi connectivity index (χ3v) is 5.82. The maximum atomic E-state index is 12.7. The fourth-order valence-electron chi connectivity index (χ4n) is 3.54. The zero-order valence-corrected chi connectivity index (χ0v) is 14.5. The molecule has 0 aliphatic carbocycles. The van der Waals surface area contributed by atoms with Crippen LogP contribution >= 0.6 is 11.3 Å². The summed E-state index contributed by atoms with van der Waals surface area (Å²) in [6.07, 6.45) is 3.78. The number of fused-ring (bicyclic) bond motifs is 1. The van der Waals surface area contributed by atoms with Crippen molar-refractivity contribution >= 4 is 17.2 Å². The molecule has 4 heterocycles. The number of amides is 1. The molecule has 2 aromatic heterocycles. The summed E-state index contributed by atoms with van der Waals surface area (Å²) in [5.74, 6) is 0.134. The fourth-order valence-corrected chi connectivity index (χ4v) is 4.41. The molecule has 2 aliphatic rings. The van der Waals surface area contributed by atoms with Crippen molar-refractivity contribution in [3.8, 4) is 0 Å². The van der Waals surface area contributed by atoms with Gasteiger partial charge in [-0.15, -0.1) is 11.3 Å². The predicted molar refractivity (Wildman–Crippen MR) is 93.1 cm³/mol. The van der Waals surface area contributed by atoms with Crippen molar-refractivity contribution in [3.05, 3.63) is 52.0 Å². The lowest BCUT2D eigenvalue weighted by Crippen LogP contribution is -2.50. The summed E-state index contributed by atoms with van der Waals surface area (Å²) < 4.78 is 5.95. The Kier molecular flexibility index (Phi) is 4.35. The minimum Gasteiger partial charge on any atom is -0.373 e. The molecule has 4 rings (SSSR count). The minimum absolute atomic E-state index is 0.116. The lowest BCUT2D eigenvalue weighted by atomic mass is 10.1. The van der Waals surface area contributed by atoms with Crippen LogP contribution in [-0.4, -0.2) is 59.1 Å². The SMILES string of the molecule is Cc1csc(C(=O)N2CC3OCCN(Cc4ccncc4)C3C2)c1. The third kappa shape index (κ3) is 3.09. The summed E-state index contributed by atoms with van der Waals surface area (Å²) in [6.45, 7) is 5.97. The number of carbonyl (C=O) groups is 1. The highest BCUT2D eigenvalue weighted by atomic mass is 32.1. The zero-order valence-electron chi connectivity index (χ0n) is 13.7. The Bertz CT molecular complexity index is 718. The highest BCUT2D eigenvalue weighted by Gasteiger charge is 2.42. The quantitative estimate of drug-likeness (QED) is 0.857. The summed E-state index contributed by atoms with van der Waals surface area (Å²) in [7, 11) is 0. The number of thiophene rings is 1. The van der Waals surface area contributed by atoms with Crippen molar-refractivity contribution in [2.45, 2.75) is 25.6 Å². The van der Waals surface area contributed by atoms with E-state index in [9.17, 15) is 4.79 Å². The normalized spacial score (nSPS) is 24.1. The van der Waals surface area contributed by atoms with E-state index >= 15 is 0 Å². The van der Waals surface area contributed by atoms with Gasteiger partial charge in [0.05, 0.1) is 23.6 Å². The lowest BCUT2D eigenvalue weighted by molar-refractivity contribution is -0.0503. The average molecular weight is 343 g/mol. The van der Waals surface area contributed by atoms with E-state index < -0.39 is 0 Å². The molecule has 1 amide bonds. The van der Waals surface area contributed by atoms with E-state index in [0.717, 1.165) is 36.7 Å². The van der Waals surface area contributed by atoms with E-state index in [2.05, 4.69) is 22.0 Å². The number of hydrogen-bond acceptors (Lipinski definition) is 5. The standard InChI is InChI=1S/C18H21N3O2S/c1-13-8-17(24-12-13)18(22)21-10-15-16(11-21)23-7-6-20(15)9-14-2-4-19-5-3-14/h2-5,8,12,15-16H,6-7,9-11H2,1H3. The molecule has 0 spiro atoms. The van der Waals surface area contributed by atoms with Gasteiger partial charge in [-0.3, -0.25) is 14.7 Å². The molecule has 126 valence electrons. The first-order chi connectivity index (χ1) is 11.7. The predicted octanol–water partition coefficient (Wildman–Crippen LogP) is 2.18. The highest BCUT2D eigenvalue weighted by molar-refractivity contribution is 7.12. The Balaban J connectivity index is 1.47. The van der Waals surface area contributed by atoms with Crippen LogP contribution < -0.4 is 0 Å². The largest absolute Gasteiger partial charge is 0.373 e. The number of nitrogens with zero attached hydrogens (tertiary/aromatic N) is 3. The molecule has 2 unspecified atom stereocenters. The Hall–Kier alpha value is -1.76. The van der Waals surface area contributed by atoms with Crippen LogP contribution in [0.5, 0.6) is 0 Å². The van der Waals surface area contributed by atoms with E-state index in [1.807, 2.05) is 35.7 Å². The Labute approximate surface area is 145 Å². The van der Waals surface area contributed by atoms with Gasteiger partial charge in [0.1, 0.15) is 0 Å². The fraction of sp³-hybridized carbons (Fsp3) is 0.444. The number of aromatic nitrogens is 1. The van der Waals surface area contributed by atoms with Gasteiger partial charge < -0.3 is 9.64 Å². The minimum atomic E-state index is 0.116. The molecule has 0 bridgehead atoms. The van der Waals surface area contributed by atoms with Crippen LogP contribution in [0.2, 0.25) is 0 Å². The van der Waals surface area contributed by atoms with Crippen molar-refractivity contribution in [2.24, 2.45) is 0 Å². The number of likely N-dealkylation sites (tertiary alicyclic amines) is 1. The average Bonchev–Trinajstić information content (AvgIpc) is 3.22. The number of pyridine rings is 1. The van der Waals surface area contributed by atoms with E-state index in [-0.39, 0.29) is 18.1 Å². The van der Waals surface area contributed by atoms with Crippen molar-refractivity contribution in [3.63, 3.8) is 0 Å². The first-order valence-electron chi connectivity index (χ1n) is 8.29. The third-order valence-electron chi connectivity index (χ3n) is 4.78. The van der Waals surface area contributed by atoms with Gasteiger partial charge in [0.25, 0.3) is 5.91 Å². The van der Waals surface area contributed by atoms with Gasteiger partial charge in [-0.1, -0.05) is 0 Å². The van der Waals surface area contributed by atoms with Crippen LogP contribution in [0.3, 0.4) is 0 Å². The van der Waals surface area contributed by atoms with E-state index in [0.29, 0.717) is 6.54 Å². The number of rotatable bonds is 3. The molecular formula is C18H21N3O2S. The number of aryl methyl sites for hydroxylation is 1. The number of carbonyl (C=O) groups excluding carboxylic acids is 1. The Morgan fingerprint density at radius 3 is 2.96 bits per heavy atom. The van der Waals surface area contributed by atoms with E-state index in [1.54, 1.807) is 0 Å². The molecule has 0 N–H and O–H groups in total. The van der Waals surface area contributed by atoms with Crippen LogP contribution in [0.15, 0.2) is 36.0 Å². The topological polar surface area (TPSA) is 45.7 Å². The van der Waals surface area contributed by atoms with Crippen molar-refractivity contribution in [2.75, 3.05) is 26.2 Å². The van der Waals surface area contributed by atoms with Crippen LogP contribution in [0.4, 0.5) is 0 Å². The summed E-state index contributed by atoms with van der Waals surface area (Å²) in [5, 5.41) is 2.03. The Morgan fingerprint density at radius 2 is 2.21 bits per heavy atom. The molecule has 2 atom stereocenters. The van der Waals surface area contributed by atoms with Gasteiger partial charge in [0.2, 0.25) is 0 Å². The smallest absolute Gasteiger partial charge is 0.264 e. The molecule has 2 aromatic rings. The van der Waals surface area contributed by atoms with Crippen molar-refractivity contribution < 1.29 is 9.53 Å². The zero-order chi connectivity index (χ0) is 16.5. The van der Waals surface area contributed by atoms with Gasteiger partial charge in [-0.2, -0.15) is 0 Å². The van der Waals surface area contributed by atoms with E-state index in [4.69, 9.17) is 4.74 Å². The first kappa shape index (κ1) is 15.7. The van der Waals surface area contributed by atoms with Gasteiger partial charge in [0.15, 0.2) is 0 Å². The second-order valence-electron chi connectivity index (χ2n) is 6.50. The molecular weight excluding hydrogens is 322 g/mol. The molecule has 0 saturated carbocycles. The van der Waals surface area contributed by atoms with Crippen LogP contribution in [-0.2, 0) is 11.3 Å². The molecule has 0 aromatic carbocycles. The van der Waals surface area contributed by atoms with Gasteiger partial charge in [-0.05, 0) is 41.6 Å². The molecule has 2 aliphatic heterocycles. The molecule has 2 saturated heterocycles. The lowest BCUT2D eigenvalue weighted by Gasteiger charge is -2.36. The summed E-state index contributed by atoms with van der Waals surface area (Å²) in [6, 6.07) is 6.36. The summed E-state index contributed by atoms with van der Waals surface area (Å²) in [5.41, 5.74) is 2.40. The maximum Gasteiger partial charge on any atom is 0.264 e. The van der Waals surface area contributed by atoms with Crippen molar-refractivity contribution in [1.82, 2.24) is 14.8 Å². The number of ether oxygens (including phenoxy) is 1. The van der Waals surface area contributed by atoms with E-state index in [1.165, 1.54) is 16.9 Å². The second-order valence-corrected chi connectivity index (χ2v) is 7.41. The molecule has 5 nitrogen and oxygen atoms in total. The van der Waals surface area contributed by atoms with Crippen molar-refractivity contribution in [1.29, 1.82) is 0 Å². The number of morpholine rings is 1. The highest BCUT2D eigenvalue weighted by Crippen LogP contribution is 2.27. The molecule has 0 radical (unpaired) electrons. The number of hydrogen-bond donors (Lipinski definition) is 0. The maximum absolute atomic E-state index is 12.7. The van der Waals surface area contributed by atoms with Gasteiger partial charge in [0, 0.05) is 38.6 Å². The second kappa shape index (κ2) is 6.63. The van der Waals surface area contributed by atoms with Crippen LogP contribution in [0.25, 0.3) is 0 Å². The van der Waals surface area contributed by atoms with Crippen LogP contribution in [0, 0.1) is 6.92 Å². The van der Waals surface area contributed by atoms with Crippen LogP contribution in [0.1, 0.15) is 20.8 Å². The van der Waals surface area contributed by atoms with Gasteiger partial charge >= 0.3 is 0 Å². The summed E-state index contributed by atoms with van der Waals surface area (Å²) in [4.78, 5) is 22.0. The summed E-state index contributed by atoms with van der Waals surface area (Å²) >= 11 is 1.53. The Morgan fingerprint density at radius 1 is 1.38 bits per heavy atom. The first-order valence-corrected chi connectivity index (χ1v) is 9.17. The molecule has 24 heavy (non-hydrogen) atoms.